The zero-order valence-electron chi connectivity index (χ0n) is 18.6. The SMILES string of the molecule is CC/C=C\C=C(/N)CCNC(=O)Cc1nc(N(C)C2CC2)c2c3c(sc2n1)CCCC3. The third-order valence-electron chi connectivity index (χ3n) is 6.01. The van der Waals surface area contributed by atoms with Gasteiger partial charge in [0.15, 0.2) is 0 Å². The van der Waals surface area contributed by atoms with Crippen molar-refractivity contribution in [3.8, 4) is 0 Å². The standard InChI is InChI=1S/C24H33N5OS/c1-3-4-5-8-16(25)13-14-26-21(30)15-20-27-23(29(2)17-11-12-17)22-18-9-6-7-10-19(18)31-24(22)28-20/h4-5,8,17H,3,6-7,9-15,25H2,1-2H3,(H,26,30)/b5-4-,16-8-. The molecule has 4 rings (SSSR count). The van der Waals surface area contributed by atoms with Crippen LogP contribution in [0.25, 0.3) is 10.2 Å². The quantitative estimate of drug-likeness (QED) is 0.577. The Bertz CT molecular complexity index is 1010. The van der Waals surface area contributed by atoms with Gasteiger partial charge in [-0.3, -0.25) is 4.79 Å². The molecule has 2 aliphatic rings. The number of carbonyl (C=O) groups excluding carboxylic acids is 1. The van der Waals surface area contributed by atoms with Gasteiger partial charge in [0.2, 0.25) is 5.91 Å². The van der Waals surface area contributed by atoms with E-state index in [0.717, 1.165) is 35.6 Å². The molecule has 1 amide bonds. The third-order valence-corrected chi connectivity index (χ3v) is 7.19. The average Bonchev–Trinajstić information content (AvgIpc) is 3.53. The number of fused-ring (bicyclic) bond motifs is 3. The number of rotatable bonds is 9. The van der Waals surface area contributed by atoms with Crippen molar-refractivity contribution < 1.29 is 4.79 Å². The van der Waals surface area contributed by atoms with Gasteiger partial charge in [0.05, 0.1) is 11.8 Å². The lowest BCUT2D eigenvalue weighted by Gasteiger charge is -2.20. The van der Waals surface area contributed by atoms with Crippen LogP contribution in [0.15, 0.2) is 23.9 Å². The molecule has 0 spiro atoms. The molecule has 1 saturated carbocycles. The lowest BCUT2D eigenvalue weighted by molar-refractivity contribution is -0.120. The van der Waals surface area contributed by atoms with Gasteiger partial charge in [-0.2, -0.15) is 0 Å². The Hall–Kier alpha value is -2.41. The number of amides is 1. The zero-order valence-corrected chi connectivity index (χ0v) is 19.4. The van der Waals surface area contributed by atoms with Crippen molar-refractivity contribution in [3.05, 3.63) is 40.2 Å². The highest BCUT2D eigenvalue weighted by Crippen LogP contribution is 2.41. The molecule has 2 aliphatic carbocycles. The number of allylic oxidation sites excluding steroid dienone is 3. The Morgan fingerprint density at radius 3 is 2.87 bits per heavy atom. The number of nitrogens with one attached hydrogen (secondary N) is 1. The molecule has 3 N–H and O–H groups in total. The van der Waals surface area contributed by atoms with Crippen LogP contribution in [0.5, 0.6) is 0 Å². The minimum Gasteiger partial charge on any atom is -0.402 e. The van der Waals surface area contributed by atoms with Gasteiger partial charge < -0.3 is 16.0 Å². The second kappa shape index (κ2) is 9.81. The van der Waals surface area contributed by atoms with Crippen LogP contribution in [-0.4, -0.2) is 35.5 Å². The minimum absolute atomic E-state index is 0.0578. The molecule has 0 radical (unpaired) electrons. The van der Waals surface area contributed by atoms with Crippen LogP contribution in [0.2, 0.25) is 0 Å². The fraction of sp³-hybridized carbons (Fsp3) is 0.542. The van der Waals surface area contributed by atoms with Crippen molar-refractivity contribution in [2.75, 3.05) is 18.5 Å². The van der Waals surface area contributed by atoms with Crippen LogP contribution in [0, 0.1) is 0 Å². The van der Waals surface area contributed by atoms with Crippen LogP contribution in [0.1, 0.15) is 61.7 Å². The normalized spacial score (nSPS) is 16.6. The van der Waals surface area contributed by atoms with Gasteiger partial charge >= 0.3 is 0 Å². The fourth-order valence-electron chi connectivity index (χ4n) is 4.11. The summed E-state index contributed by atoms with van der Waals surface area (Å²) in [7, 11) is 2.14. The van der Waals surface area contributed by atoms with Gasteiger partial charge in [0, 0.05) is 36.6 Å². The van der Waals surface area contributed by atoms with E-state index in [9.17, 15) is 4.79 Å². The number of nitrogens with two attached hydrogens (primary N) is 1. The van der Waals surface area contributed by atoms with E-state index in [1.807, 2.05) is 12.2 Å². The first-order valence-electron chi connectivity index (χ1n) is 11.5. The van der Waals surface area contributed by atoms with E-state index in [-0.39, 0.29) is 12.3 Å². The minimum atomic E-state index is -0.0578. The number of aromatic nitrogens is 2. The first kappa shape index (κ1) is 21.8. The summed E-state index contributed by atoms with van der Waals surface area (Å²) in [6.45, 7) is 2.60. The Morgan fingerprint density at radius 1 is 1.29 bits per heavy atom. The van der Waals surface area contributed by atoms with E-state index in [4.69, 9.17) is 15.7 Å². The number of aryl methyl sites for hydroxylation is 2. The fourth-order valence-corrected chi connectivity index (χ4v) is 5.39. The molecule has 166 valence electrons. The summed E-state index contributed by atoms with van der Waals surface area (Å²) in [5.74, 6) is 1.57. The average molecular weight is 440 g/mol. The van der Waals surface area contributed by atoms with E-state index >= 15 is 0 Å². The van der Waals surface area contributed by atoms with Crippen molar-refractivity contribution in [1.82, 2.24) is 15.3 Å². The van der Waals surface area contributed by atoms with Crippen molar-refractivity contribution in [2.45, 2.75) is 70.8 Å². The number of carbonyl (C=O) groups is 1. The largest absolute Gasteiger partial charge is 0.402 e. The zero-order chi connectivity index (χ0) is 21.8. The maximum Gasteiger partial charge on any atom is 0.227 e. The monoisotopic (exact) mass is 439 g/mol. The molecule has 7 heteroatoms. The smallest absolute Gasteiger partial charge is 0.227 e. The molecule has 0 atom stereocenters. The Kier molecular flexibility index (Phi) is 6.90. The Labute approximate surface area is 188 Å². The van der Waals surface area contributed by atoms with Crippen molar-refractivity contribution in [1.29, 1.82) is 0 Å². The van der Waals surface area contributed by atoms with Crippen molar-refractivity contribution in [3.63, 3.8) is 0 Å². The topological polar surface area (TPSA) is 84.1 Å². The van der Waals surface area contributed by atoms with E-state index in [0.29, 0.717) is 24.8 Å². The predicted molar refractivity (Wildman–Crippen MR) is 129 cm³/mol. The van der Waals surface area contributed by atoms with Crippen LogP contribution >= 0.6 is 11.3 Å². The summed E-state index contributed by atoms with van der Waals surface area (Å²) in [5, 5.41) is 4.19. The summed E-state index contributed by atoms with van der Waals surface area (Å²) in [6.07, 6.45) is 14.9. The number of hydrogen-bond donors (Lipinski definition) is 2. The molecule has 1 fully saturated rings. The van der Waals surface area contributed by atoms with Crippen LogP contribution < -0.4 is 16.0 Å². The first-order valence-corrected chi connectivity index (χ1v) is 12.3. The lowest BCUT2D eigenvalue weighted by Crippen LogP contribution is -2.28. The van der Waals surface area contributed by atoms with Crippen molar-refractivity contribution in [2.24, 2.45) is 5.73 Å². The number of thiophene rings is 1. The lowest BCUT2D eigenvalue weighted by atomic mass is 9.97. The Morgan fingerprint density at radius 2 is 2.10 bits per heavy atom. The molecule has 2 heterocycles. The second-order valence-corrected chi connectivity index (χ2v) is 9.63. The van der Waals surface area contributed by atoms with E-state index < -0.39 is 0 Å². The molecule has 0 bridgehead atoms. The first-order chi connectivity index (χ1) is 15.1. The maximum absolute atomic E-state index is 12.5. The number of hydrogen-bond acceptors (Lipinski definition) is 6. The van der Waals surface area contributed by atoms with Gasteiger partial charge in [0.1, 0.15) is 16.5 Å². The highest BCUT2D eigenvalue weighted by atomic mass is 32.1. The Balaban J connectivity index is 1.48. The number of nitrogens with zero attached hydrogens (tertiary/aromatic N) is 3. The molecule has 2 aromatic rings. The summed E-state index contributed by atoms with van der Waals surface area (Å²) in [4.78, 5) is 27.1. The van der Waals surface area contributed by atoms with Crippen LogP contribution in [0.3, 0.4) is 0 Å². The van der Waals surface area contributed by atoms with Gasteiger partial charge in [0.25, 0.3) is 0 Å². The summed E-state index contributed by atoms with van der Waals surface area (Å²) in [5.41, 5.74) is 8.19. The summed E-state index contributed by atoms with van der Waals surface area (Å²) < 4.78 is 0. The summed E-state index contributed by atoms with van der Waals surface area (Å²) >= 11 is 1.80. The van der Waals surface area contributed by atoms with Crippen molar-refractivity contribution >= 4 is 33.3 Å². The highest BCUT2D eigenvalue weighted by molar-refractivity contribution is 7.19. The van der Waals surface area contributed by atoms with Gasteiger partial charge in [-0.15, -0.1) is 11.3 Å². The summed E-state index contributed by atoms with van der Waals surface area (Å²) in [6, 6.07) is 0.565. The van der Waals surface area contributed by atoms with Gasteiger partial charge in [-0.25, -0.2) is 9.97 Å². The van der Waals surface area contributed by atoms with E-state index in [1.54, 1.807) is 11.3 Å². The molecule has 0 aromatic carbocycles. The van der Waals surface area contributed by atoms with Crippen LogP contribution in [0.4, 0.5) is 5.82 Å². The molecular formula is C24H33N5OS. The predicted octanol–water partition coefficient (Wildman–Crippen LogP) is 4.03. The molecule has 6 nitrogen and oxygen atoms in total. The van der Waals surface area contributed by atoms with E-state index in [1.165, 1.54) is 41.5 Å². The third kappa shape index (κ3) is 5.26. The van der Waals surface area contributed by atoms with Gasteiger partial charge in [-0.05, 0) is 56.6 Å². The van der Waals surface area contributed by atoms with Gasteiger partial charge in [-0.1, -0.05) is 19.1 Å². The number of anilines is 1. The molecule has 0 unspecified atom stereocenters. The van der Waals surface area contributed by atoms with E-state index in [2.05, 4.69) is 30.3 Å². The molecular weight excluding hydrogens is 406 g/mol. The second-order valence-electron chi connectivity index (χ2n) is 8.55. The van der Waals surface area contributed by atoms with Crippen LogP contribution in [-0.2, 0) is 24.1 Å². The molecule has 0 aliphatic heterocycles. The molecule has 2 aromatic heterocycles. The molecule has 0 saturated heterocycles. The molecule has 31 heavy (non-hydrogen) atoms. The maximum atomic E-state index is 12.5. The highest BCUT2D eigenvalue weighted by Gasteiger charge is 2.31.